The van der Waals surface area contributed by atoms with Crippen molar-refractivity contribution in [2.75, 3.05) is 17.8 Å². The summed E-state index contributed by atoms with van der Waals surface area (Å²) >= 11 is 0.763. The van der Waals surface area contributed by atoms with Crippen LogP contribution in [0.15, 0.2) is 59.8 Å². The van der Waals surface area contributed by atoms with Crippen LogP contribution in [0, 0.1) is 0 Å². The van der Waals surface area contributed by atoms with Gasteiger partial charge in [-0.05, 0) is 24.6 Å². The van der Waals surface area contributed by atoms with Gasteiger partial charge < -0.3 is 15.9 Å². The van der Waals surface area contributed by atoms with E-state index in [2.05, 4.69) is 15.5 Å². The average molecular weight is 437 g/mol. The van der Waals surface area contributed by atoms with Crippen LogP contribution in [0.2, 0.25) is 0 Å². The predicted molar refractivity (Wildman–Crippen MR) is 106 cm³/mol. The number of hydrogen-bond acceptors (Lipinski definition) is 6. The zero-order valence-electron chi connectivity index (χ0n) is 15.8. The first-order chi connectivity index (χ1) is 14.3. The monoisotopic (exact) mass is 437 g/mol. The van der Waals surface area contributed by atoms with Gasteiger partial charge in [-0.2, -0.15) is 13.2 Å². The van der Waals surface area contributed by atoms with Crippen LogP contribution in [0.4, 0.5) is 18.9 Å². The van der Waals surface area contributed by atoms with Crippen LogP contribution < -0.4 is 15.9 Å². The molecule has 3 rings (SSSR count). The Morgan fingerprint density at radius 2 is 1.83 bits per heavy atom. The van der Waals surface area contributed by atoms with E-state index >= 15 is 0 Å². The Morgan fingerprint density at radius 3 is 2.47 bits per heavy atom. The summed E-state index contributed by atoms with van der Waals surface area (Å²) in [4.78, 5) is 13.1. The minimum absolute atomic E-state index is 0.246. The zero-order chi connectivity index (χ0) is 21.7. The van der Waals surface area contributed by atoms with Crippen molar-refractivity contribution in [3.05, 3.63) is 66.0 Å². The summed E-state index contributed by atoms with van der Waals surface area (Å²) in [5, 5.41) is 8.20. The number of rotatable bonds is 7. The number of thioether (sulfide) groups is 1. The number of nitrogens with two attached hydrogens (primary N) is 1. The van der Waals surface area contributed by atoms with Crippen LogP contribution in [-0.2, 0) is 11.0 Å². The Balaban J connectivity index is 1.91. The Hall–Kier alpha value is -3.21. The third-order valence-corrected chi connectivity index (χ3v) is 5.14. The van der Waals surface area contributed by atoms with Crippen molar-refractivity contribution in [3.8, 4) is 5.75 Å². The van der Waals surface area contributed by atoms with Crippen LogP contribution in [0.5, 0.6) is 5.75 Å². The van der Waals surface area contributed by atoms with Gasteiger partial charge in [-0.3, -0.25) is 4.79 Å². The molecular weight excluding hydrogens is 419 g/mol. The molecule has 1 heterocycles. The van der Waals surface area contributed by atoms with Crippen LogP contribution in [-0.4, -0.2) is 27.4 Å². The zero-order valence-corrected chi connectivity index (χ0v) is 16.6. The van der Waals surface area contributed by atoms with Crippen molar-refractivity contribution < 1.29 is 22.7 Å². The van der Waals surface area contributed by atoms with Crippen LogP contribution in [0.3, 0.4) is 0 Å². The Kier molecular flexibility index (Phi) is 6.50. The number of para-hydroxylation sites is 2. The second-order valence-corrected chi connectivity index (χ2v) is 7.07. The largest absolute Gasteiger partial charge is 0.492 e. The Bertz CT molecular complexity index is 1010. The number of nitrogen functional groups attached to an aromatic ring is 1. The molecule has 1 amide bonds. The molecule has 0 aliphatic rings. The van der Waals surface area contributed by atoms with Gasteiger partial charge in [0.15, 0.2) is 0 Å². The summed E-state index contributed by atoms with van der Waals surface area (Å²) in [7, 11) is 0. The van der Waals surface area contributed by atoms with E-state index in [1.54, 1.807) is 54.6 Å². The number of halogens is 3. The van der Waals surface area contributed by atoms with Gasteiger partial charge in [0.05, 0.1) is 12.3 Å². The van der Waals surface area contributed by atoms with Crippen LogP contribution >= 0.6 is 11.8 Å². The maximum Gasteiger partial charge on any atom is 0.453 e. The smallest absolute Gasteiger partial charge is 0.453 e. The van der Waals surface area contributed by atoms with E-state index in [-0.39, 0.29) is 5.16 Å². The summed E-state index contributed by atoms with van der Waals surface area (Å²) in [6.45, 7) is 2.22. The molecule has 3 aromatic rings. The van der Waals surface area contributed by atoms with Gasteiger partial charge in [0, 0.05) is 0 Å². The first kappa shape index (κ1) is 21.5. The molecule has 158 valence electrons. The Morgan fingerprint density at radius 1 is 1.17 bits per heavy atom. The number of anilines is 1. The number of aromatic nitrogens is 3. The molecule has 0 fully saturated rings. The number of hydrogen-bond donors (Lipinski definition) is 2. The quantitative estimate of drug-likeness (QED) is 0.430. The SMILES string of the molecule is CCOc1ccccc1NC(=O)C(Sc1nnc(C(F)(F)F)n1N)c1ccccc1. The van der Waals surface area contributed by atoms with Gasteiger partial charge in [0.25, 0.3) is 5.82 Å². The van der Waals surface area contributed by atoms with Crippen molar-refractivity contribution in [2.45, 2.75) is 23.5 Å². The molecule has 1 atom stereocenters. The summed E-state index contributed by atoms with van der Waals surface area (Å²) in [6, 6.07) is 15.5. The maximum atomic E-state index is 13.1. The second kappa shape index (κ2) is 9.08. The van der Waals surface area contributed by atoms with Gasteiger partial charge in [-0.15, -0.1) is 10.2 Å². The molecule has 0 saturated heterocycles. The molecule has 0 bridgehead atoms. The van der Waals surface area contributed by atoms with E-state index in [1.165, 1.54) is 0 Å². The highest BCUT2D eigenvalue weighted by atomic mass is 32.2. The molecule has 0 aliphatic carbocycles. The van der Waals surface area contributed by atoms with Crippen molar-refractivity contribution in [3.63, 3.8) is 0 Å². The first-order valence-corrected chi connectivity index (χ1v) is 9.71. The Labute approximate surface area is 174 Å². The lowest BCUT2D eigenvalue weighted by Gasteiger charge is -2.18. The highest BCUT2D eigenvalue weighted by Crippen LogP contribution is 2.37. The van der Waals surface area contributed by atoms with Gasteiger partial charge in [-0.25, -0.2) is 4.68 Å². The third kappa shape index (κ3) is 4.85. The minimum Gasteiger partial charge on any atom is -0.492 e. The highest BCUT2D eigenvalue weighted by Gasteiger charge is 2.39. The molecular formula is C19H18F3N5O2S. The minimum atomic E-state index is -4.76. The van der Waals surface area contributed by atoms with Gasteiger partial charge in [0.2, 0.25) is 11.1 Å². The molecule has 1 unspecified atom stereocenters. The molecule has 3 N–H and O–H groups in total. The number of carbonyl (C=O) groups is 1. The lowest BCUT2D eigenvalue weighted by atomic mass is 10.1. The molecule has 0 radical (unpaired) electrons. The number of ether oxygens (including phenoxy) is 1. The summed E-state index contributed by atoms with van der Waals surface area (Å²) in [5.41, 5.74) is 1.00. The molecule has 1 aromatic heterocycles. The molecule has 30 heavy (non-hydrogen) atoms. The summed E-state index contributed by atoms with van der Waals surface area (Å²) in [6.07, 6.45) is -4.76. The number of alkyl halides is 3. The maximum absolute atomic E-state index is 13.1. The van der Waals surface area contributed by atoms with E-state index in [0.717, 1.165) is 11.8 Å². The fraction of sp³-hybridized carbons (Fsp3) is 0.211. The average Bonchev–Trinajstić information content (AvgIpc) is 3.09. The summed E-state index contributed by atoms with van der Waals surface area (Å²) < 4.78 is 44.8. The van der Waals surface area contributed by atoms with Gasteiger partial charge >= 0.3 is 6.18 Å². The van der Waals surface area contributed by atoms with E-state index in [4.69, 9.17) is 10.6 Å². The normalized spacial score (nSPS) is 12.4. The van der Waals surface area contributed by atoms with Gasteiger partial charge in [0.1, 0.15) is 11.0 Å². The van der Waals surface area contributed by atoms with Crippen molar-refractivity contribution in [1.82, 2.24) is 14.9 Å². The third-order valence-electron chi connectivity index (χ3n) is 3.93. The molecule has 0 spiro atoms. The lowest BCUT2D eigenvalue weighted by molar-refractivity contribution is -0.146. The van der Waals surface area contributed by atoms with Gasteiger partial charge in [-0.1, -0.05) is 54.2 Å². The lowest BCUT2D eigenvalue weighted by Crippen LogP contribution is -2.23. The van der Waals surface area contributed by atoms with Crippen molar-refractivity contribution >= 4 is 23.4 Å². The fourth-order valence-corrected chi connectivity index (χ4v) is 3.56. The summed E-state index contributed by atoms with van der Waals surface area (Å²) in [5.74, 6) is 4.18. The molecule has 0 saturated carbocycles. The fourth-order valence-electron chi connectivity index (χ4n) is 2.61. The number of nitrogens with zero attached hydrogens (tertiary/aromatic N) is 3. The van der Waals surface area contributed by atoms with E-state index in [1.807, 2.05) is 6.92 Å². The standard InChI is InChI=1S/C19H18F3N5O2S/c1-2-29-14-11-7-6-10-13(14)24-16(28)15(12-8-4-3-5-9-12)30-18-26-25-17(27(18)23)19(20,21)22/h3-11,15H,2,23H2,1H3,(H,24,28). The molecule has 0 aliphatic heterocycles. The van der Waals surface area contributed by atoms with Crippen molar-refractivity contribution in [1.29, 1.82) is 0 Å². The number of benzene rings is 2. The van der Waals surface area contributed by atoms with Crippen molar-refractivity contribution in [2.24, 2.45) is 0 Å². The topological polar surface area (TPSA) is 95.1 Å². The second-order valence-electron chi connectivity index (χ2n) is 6.00. The van der Waals surface area contributed by atoms with Crippen LogP contribution in [0.1, 0.15) is 23.6 Å². The number of carbonyl (C=O) groups excluding carboxylic acids is 1. The van der Waals surface area contributed by atoms with E-state index in [9.17, 15) is 18.0 Å². The number of amides is 1. The van der Waals surface area contributed by atoms with E-state index in [0.29, 0.717) is 28.3 Å². The molecule has 2 aromatic carbocycles. The molecule has 11 heteroatoms. The number of nitrogens with one attached hydrogen (secondary N) is 1. The highest BCUT2D eigenvalue weighted by molar-refractivity contribution is 8.00. The first-order valence-electron chi connectivity index (χ1n) is 8.83. The predicted octanol–water partition coefficient (Wildman–Crippen LogP) is 3.88. The van der Waals surface area contributed by atoms with Crippen LogP contribution in [0.25, 0.3) is 0 Å². The molecule has 7 nitrogen and oxygen atoms in total. The van der Waals surface area contributed by atoms with E-state index < -0.39 is 23.2 Å².